The highest BCUT2D eigenvalue weighted by Crippen LogP contribution is 2.28. The molecule has 2 aliphatic rings. The fourth-order valence-electron chi connectivity index (χ4n) is 3.03. The molecule has 1 saturated heterocycles. The van der Waals surface area contributed by atoms with Crippen LogP contribution in [0.5, 0.6) is 0 Å². The van der Waals surface area contributed by atoms with Crippen LogP contribution in [0.1, 0.15) is 53.4 Å². The Morgan fingerprint density at radius 3 is 2.55 bits per heavy atom. The lowest BCUT2D eigenvalue weighted by Gasteiger charge is -2.27. The molecule has 1 N–H and O–H groups in total. The normalized spacial score (nSPS) is 26.2. The first-order valence-corrected chi connectivity index (χ1v) is 8.69. The molecule has 0 aromatic heterocycles. The largest absolute Gasteiger partial charge is 0.444 e. The quantitative estimate of drug-likeness (QED) is 0.765. The van der Waals surface area contributed by atoms with Gasteiger partial charge in [-0.1, -0.05) is 0 Å². The molecule has 2 rings (SSSR count). The maximum atomic E-state index is 12.3. The van der Waals surface area contributed by atoms with Crippen LogP contribution < -0.4 is 5.32 Å². The van der Waals surface area contributed by atoms with Gasteiger partial charge >= 0.3 is 6.09 Å². The number of carbonyl (C=O) groups is 1. The zero-order chi connectivity index (χ0) is 16.3. The molecule has 2 atom stereocenters. The highest BCUT2D eigenvalue weighted by atomic mass is 16.6. The van der Waals surface area contributed by atoms with Gasteiger partial charge in [-0.05, 0) is 67.0 Å². The summed E-state index contributed by atoms with van der Waals surface area (Å²) in [6.45, 7) is 10.9. The molecule has 1 aliphatic carbocycles. The number of nitrogens with zero attached hydrogens (tertiary/aromatic N) is 2. The monoisotopic (exact) mass is 311 g/mol. The molecule has 0 bridgehead atoms. The molecule has 1 amide bonds. The Bertz CT molecular complexity index is 367. The Kier molecular flexibility index (Phi) is 5.72. The average molecular weight is 311 g/mol. The molecule has 5 heteroatoms. The molecule has 1 saturated carbocycles. The molecule has 2 unspecified atom stereocenters. The Morgan fingerprint density at radius 2 is 2.05 bits per heavy atom. The maximum absolute atomic E-state index is 12.3. The van der Waals surface area contributed by atoms with E-state index in [4.69, 9.17) is 4.74 Å². The van der Waals surface area contributed by atoms with E-state index >= 15 is 0 Å². The molecule has 1 heterocycles. The van der Waals surface area contributed by atoms with Crippen LogP contribution >= 0.6 is 0 Å². The Hall–Kier alpha value is -0.810. The number of nitrogens with one attached hydrogen (secondary N) is 1. The third-order valence-electron chi connectivity index (χ3n) is 4.51. The Labute approximate surface area is 135 Å². The Morgan fingerprint density at radius 1 is 1.36 bits per heavy atom. The zero-order valence-corrected chi connectivity index (χ0v) is 14.9. The molecule has 0 aromatic rings. The summed E-state index contributed by atoms with van der Waals surface area (Å²) in [5.74, 6) is 0. The third kappa shape index (κ3) is 5.43. The number of likely N-dealkylation sites (N-methyl/N-ethyl adjacent to an activating group) is 1. The van der Waals surface area contributed by atoms with Gasteiger partial charge in [0, 0.05) is 31.2 Å². The third-order valence-corrected chi connectivity index (χ3v) is 4.51. The van der Waals surface area contributed by atoms with Gasteiger partial charge in [0.05, 0.1) is 0 Å². The summed E-state index contributed by atoms with van der Waals surface area (Å²) < 4.78 is 5.52. The summed E-state index contributed by atoms with van der Waals surface area (Å²) in [5.41, 5.74) is -0.410. The van der Waals surface area contributed by atoms with Crippen molar-refractivity contribution in [2.45, 2.75) is 77.1 Å². The molecule has 0 aromatic carbocycles. The molecule has 5 nitrogen and oxygen atoms in total. The van der Waals surface area contributed by atoms with Crippen LogP contribution in [-0.2, 0) is 4.74 Å². The summed E-state index contributed by atoms with van der Waals surface area (Å²) in [6, 6.07) is 1.67. The first kappa shape index (κ1) is 17.5. The van der Waals surface area contributed by atoms with E-state index in [2.05, 4.69) is 24.2 Å². The molecule has 1 aliphatic heterocycles. The van der Waals surface area contributed by atoms with Gasteiger partial charge in [0.1, 0.15) is 5.60 Å². The zero-order valence-electron chi connectivity index (χ0n) is 14.9. The van der Waals surface area contributed by atoms with Gasteiger partial charge in [-0.25, -0.2) is 4.79 Å². The van der Waals surface area contributed by atoms with E-state index in [9.17, 15) is 4.79 Å². The molecule has 0 spiro atoms. The number of likely N-dealkylation sites (tertiary alicyclic amines) is 1. The van der Waals surface area contributed by atoms with E-state index in [1.165, 1.54) is 6.42 Å². The second kappa shape index (κ2) is 7.18. The second-order valence-electron chi connectivity index (χ2n) is 7.93. The maximum Gasteiger partial charge on any atom is 0.410 e. The predicted octanol–water partition coefficient (Wildman–Crippen LogP) is 2.46. The van der Waals surface area contributed by atoms with Gasteiger partial charge < -0.3 is 19.9 Å². The van der Waals surface area contributed by atoms with E-state index in [1.807, 2.05) is 25.7 Å². The number of rotatable bonds is 6. The van der Waals surface area contributed by atoms with Crippen LogP contribution in [0.2, 0.25) is 0 Å². The van der Waals surface area contributed by atoms with E-state index in [0.29, 0.717) is 18.1 Å². The lowest BCUT2D eigenvalue weighted by Crippen LogP contribution is -2.40. The van der Waals surface area contributed by atoms with Crippen molar-refractivity contribution in [3.05, 3.63) is 0 Å². The summed E-state index contributed by atoms with van der Waals surface area (Å²) in [4.78, 5) is 16.6. The van der Waals surface area contributed by atoms with Crippen molar-refractivity contribution < 1.29 is 9.53 Å². The van der Waals surface area contributed by atoms with Crippen molar-refractivity contribution in [3.63, 3.8) is 0 Å². The number of hydrogen-bond acceptors (Lipinski definition) is 4. The van der Waals surface area contributed by atoms with Crippen LogP contribution in [0.25, 0.3) is 0 Å². The number of amides is 1. The molecule has 22 heavy (non-hydrogen) atoms. The van der Waals surface area contributed by atoms with Crippen molar-refractivity contribution in [1.29, 1.82) is 0 Å². The Balaban J connectivity index is 1.68. The average Bonchev–Trinajstić information content (AvgIpc) is 3.15. The number of ether oxygens (including phenoxy) is 1. The first-order chi connectivity index (χ1) is 10.3. The van der Waals surface area contributed by atoms with Crippen molar-refractivity contribution >= 4 is 6.09 Å². The SMILES string of the molecule is CC1CC(NCCCN(C(=O)OC(C)(C)C)C2CC2)CN1C. The summed E-state index contributed by atoms with van der Waals surface area (Å²) in [5, 5.41) is 3.62. The van der Waals surface area contributed by atoms with Crippen LogP contribution in [0.3, 0.4) is 0 Å². The van der Waals surface area contributed by atoms with E-state index in [0.717, 1.165) is 38.9 Å². The highest BCUT2D eigenvalue weighted by molar-refractivity contribution is 5.69. The van der Waals surface area contributed by atoms with Gasteiger partial charge in [0.2, 0.25) is 0 Å². The van der Waals surface area contributed by atoms with Gasteiger partial charge in [-0.3, -0.25) is 0 Å². The second-order valence-corrected chi connectivity index (χ2v) is 7.93. The van der Waals surface area contributed by atoms with E-state index in [1.54, 1.807) is 0 Å². The lowest BCUT2D eigenvalue weighted by atomic mass is 10.2. The van der Waals surface area contributed by atoms with Crippen molar-refractivity contribution in [2.75, 3.05) is 26.7 Å². The topological polar surface area (TPSA) is 44.8 Å². The minimum atomic E-state index is -0.410. The minimum Gasteiger partial charge on any atom is -0.444 e. The first-order valence-electron chi connectivity index (χ1n) is 8.69. The predicted molar refractivity (Wildman–Crippen MR) is 89.1 cm³/mol. The minimum absolute atomic E-state index is 0.149. The molecule has 2 fully saturated rings. The van der Waals surface area contributed by atoms with Crippen LogP contribution in [0.4, 0.5) is 4.79 Å². The van der Waals surface area contributed by atoms with Gasteiger partial charge in [-0.15, -0.1) is 0 Å². The van der Waals surface area contributed by atoms with E-state index < -0.39 is 5.60 Å². The fourth-order valence-corrected chi connectivity index (χ4v) is 3.03. The van der Waals surface area contributed by atoms with Crippen LogP contribution in [0.15, 0.2) is 0 Å². The summed E-state index contributed by atoms with van der Waals surface area (Å²) in [7, 11) is 2.18. The van der Waals surface area contributed by atoms with E-state index in [-0.39, 0.29) is 6.09 Å². The molecule has 0 radical (unpaired) electrons. The number of hydrogen-bond donors (Lipinski definition) is 1. The van der Waals surface area contributed by atoms with Crippen molar-refractivity contribution in [2.24, 2.45) is 0 Å². The summed E-state index contributed by atoms with van der Waals surface area (Å²) in [6.07, 6.45) is 4.30. The smallest absolute Gasteiger partial charge is 0.410 e. The van der Waals surface area contributed by atoms with Gasteiger partial charge in [-0.2, -0.15) is 0 Å². The molecular formula is C17H33N3O2. The van der Waals surface area contributed by atoms with Gasteiger partial charge in [0.25, 0.3) is 0 Å². The number of carbonyl (C=O) groups excluding carboxylic acids is 1. The van der Waals surface area contributed by atoms with Crippen molar-refractivity contribution in [3.8, 4) is 0 Å². The molecular weight excluding hydrogens is 278 g/mol. The highest BCUT2D eigenvalue weighted by Gasteiger charge is 2.34. The summed E-state index contributed by atoms with van der Waals surface area (Å²) >= 11 is 0. The fraction of sp³-hybridized carbons (Fsp3) is 0.941. The van der Waals surface area contributed by atoms with Crippen LogP contribution in [-0.4, -0.2) is 66.3 Å². The standard InChI is InChI=1S/C17H33N3O2/c1-13-11-14(12-19(13)5)18-9-6-10-20(15-7-8-15)16(21)22-17(2,3)4/h13-15,18H,6-12H2,1-5H3. The van der Waals surface area contributed by atoms with Gasteiger partial charge in [0.15, 0.2) is 0 Å². The lowest BCUT2D eigenvalue weighted by molar-refractivity contribution is 0.0232. The van der Waals surface area contributed by atoms with Crippen LogP contribution in [0, 0.1) is 0 Å². The molecule has 128 valence electrons. The van der Waals surface area contributed by atoms with Crippen molar-refractivity contribution in [1.82, 2.24) is 15.1 Å².